The minimum Gasteiger partial charge on any atom is -0.497 e. The Bertz CT molecular complexity index is 591. The number of nitrogens with one attached hydrogen (secondary N) is 2. The van der Waals surface area contributed by atoms with Crippen LogP contribution in [0.3, 0.4) is 0 Å². The number of likely N-dealkylation sites (tertiary alicyclic amines) is 1. The molecule has 0 radical (unpaired) electrons. The predicted molar refractivity (Wildman–Crippen MR) is 90.3 cm³/mol. The lowest BCUT2D eigenvalue weighted by atomic mass is 10.0. The molecule has 1 aliphatic heterocycles. The molecule has 1 aromatic rings. The molecule has 3 amide bonds. The second-order valence-corrected chi connectivity index (χ2v) is 5.67. The van der Waals surface area contributed by atoms with Crippen LogP contribution in [0.5, 0.6) is 11.5 Å². The molecule has 2 N–H and O–H groups in total. The highest BCUT2D eigenvalue weighted by molar-refractivity contribution is 5.75. The summed E-state index contributed by atoms with van der Waals surface area (Å²) in [5, 5.41) is 5.51. The van der Waals surface area contributed by atoms with Crippen LogP contribution in [0.1, 0.15) is 31.4 Å². The lowest BCUT2D eigenvalue weighted by molar-refractivity contribution is -0.118. The summed E-state index contributed by atoms with van der Waals surface area (Å²) < 4.78 is 10.7. The van der Waals surface area contributed by atoms with Gasteiger partial charge < -0.3 is 25.0 Å². The van der Waals surface area contributed by atoms with E-state index in [1.165, 1.54) is 6.92 Å². The van der Waals surface area contributed by atoms with Crippen LogP contribution in [0.4, 0.5) is 4.79 Å². The topological polar surface area (TPSA) is 79.9 Å². The molecule has 0 aliphatic carbocycles. The summed E-state index contributed by atoms with van der Waals surface area (Å²) in [5.41, 5.74) is 0.979. The number of ether oxygens (including phenoxy) is 2. The molecule has 1 saturated heterocycles. The van der Waals surface area contributed by atoms with Crippen molar-refractivity contribution in [3.63, 3.8) is 0 Å². The van der Waals surface area contributed by atoms with Crippen LogP contribution in [0.15, 0.2) is 18.2 Å². The third kappa shape index (κ3) is 4.31. The number of rotatable bonds is 6. The minimum absolute atomic E-state index is 0.0216. The van der Waals surface area contributed by atoms with E-state index in [9.17, 15) is 9.59 Å². The Morgan fingerprint density at radius 1 is 1.21 bits per heavy atom. The number of methoxy groups -OCH3 is 2. The third-order valence-corrected chi connectivity index (χ3v) is 4.09. The molecule has 1 fully saturated rings. The third-order valence-electron chi connectivity index (χ3n) is 4.09. The van der Waals surface area contributed by atoms with E-state index in [2.05, 4.69) is 10.6 Å². The standard InChI is InChI=1S/C17H25N3O4/c1-12(21)18-8-9-19-17(22)20-10-4-5-15(20)14-7-6-13(23-2)11-16(14)24-3/h6-7,11,15H,4-5,8-10H2,1-3H3,(H,18,21)(H,19,22). The first kappa shape index (κ1) is 17.9. The fourth-order valence-electron chi connectivity index (χ4n) is 2.94. The SMILES string of the molecule is COc1ccc(C2CCCN2C(=O)NCCNC(C)=O)c(OC)c1. The molecular weight excluding hydrogens is 310 g/mol. The summed E-state index contributed by atoms with van der Waals surface area (Å²) >= 11 is 0. The molecule has 1 atom stereocenters. The van der Waals surface area contributed by atoms with Gasteiger partial charge in [-0.1, -0.05) is 0 Å². The van der Waals surface area contributed by atoms with Crippen molar-refractivity contribution in [3.8, 4) is 11.5 Å². The van der Waals surface area contributed by atoms with Crippen molar-refractivity contribution in [2.75, 3.05) is 33.9 Å². The fourth-order valence-corrected chi connectivity index (χ4v) is 2.94. The zero-order valence-electron chi connectivity index (χ0n) is 14.4. The maximum absolute atomic E-state index is 12.4. The molecule has 24 heavy (non-hydrogen) atoms. The number of hydrogen-bond donors (Lipinski definition) is 2. The molecule has 2 rings (SSSR count). The van der Waals surface area contributed by atoms with Gasteiger partial charge in [-0.15, -0.1) is 0 Å². The summed E-state index contributed by atoms with van der Waals surface area (Å²) in [6.45, 7) is 2.98. The van der Waals surface area contributed by atoms with Crippen LogP contribution in [0.25, 0.3) is 0 Å². The van der Waals surface area contributed by atoms with Gasteiger partial charge in [0.25, 0.3) is 0 Å². The van der Waals surface area contributed by atoms with E-state index in [1.807, 2.05) is 23.1 Å². The zero-order valence-corrected chi connectivity index (χ0v) is 14.4. The molecule has 7 heteroatoms. The monoisotopic (exact) mass is 335 g/mol. The van der Waals surface area contributed by atoms with Gasteiger partial charge in [0.1, 0.15) is 11.5 Å². The molecule has 0 spiro atoms. The number of carbonyl (C=O) groups is 2. The Morgan fingerprint density at radius 3 is 2.62 bits per heavy atom. The highest BCUT2D eigenvalue weighted by Crippen LogP contribution is 2.38. The van der Waals surface area contributed by atoms with Gasteiger partial charge in [-0.2, -0.15) is 0 Å². The molecule has 1 aliphatic rings. The van der Waals surface area contributed by atoms with E-state index < -0.39 is 0 Å². The molecule has 1 heterocycles. The number of urea groups is 1. The lowest BCUT2D eigenvalue weighted by Gasteiger charge is -2.26. The van der Waals surface area contributed by atoms with E-state index in [1.54, 1.807) is 14.2 Å². The van der Waals surface area contributed by atoms with Gasteiger partial charge in [-0.05, 0) is 25.0 Å². The number of benzene rings is 1. The number of nitrogens with zero attached hydrogens (tertiary/aromatic N) is 1. The summed E-state index contributed by atoms with van der Waals surface area (Å²) in [5.74, 6) is 1.34. The van der Waals surface area contributed by atoms with Gasteiger partial charge >= 0.3 is 6.03 Å². The van der Waals surface area contributed by atoms with Gasteiger partial charge in [-0.25, -0.2) is 4.79 Å². The van der Waals surface area contributed by atoms with E-state index in [-0.39, 0.29) is 18.0 Å². The van der Waals surface area contributed by atoms with Crippen molar-refractivity contribution in [1.82, 2.24) is 15.5 Å². The largest absolute Gasteiger partial charge is 0.497 e. The van der Waals surface area contributed by atoms with Crippen LogP contribution in [0.2, 0.25) is 0 Å². The zero-order chi connectivity index (χ0) is 17.5. The number of amides is 3. The summed E-state index contributed by atoms with van der Waals surface area (Å²) in [6, 6.07) is 5.52. The molecule has 7 nitrogen and oxygen atoms in total. The average molecular weight is 335 g/mol. The van der Waals surface area contributed by atoms with Crippen LogP contribution < -0.4 is 20.1 Å². The maximum Gasteiger partial charge on any atom is 0.317 e. The Labute approximate surface area is 142 Å². The highest BCUT2D eigenvalue weighted by atomic mass is 16.5. The Hall–Kier alpha value is -2.44. The van der Waals surface area contributed by atoms with Crippen molar-refractivity contribution in [2.45, 2.75) is 25.8 Å². The maximum atomic E-state index is 12.4. The van der Waals surface area contributed by atoms with Crippen molar-refractivity contribution in [1.29, 1.82) is 0 Å². The second-order valence-electron chi connectivity index (χ2n) is 5.67. The van der Waals surface area contributed by atoms with Crippen LogP contribution in [0, 0.1) is 0 Å². The first-order valence-corrected chi connectivity index (χ1v) is 8.07. The van der Waals surface area contributed by atoms with Gasteiger partial charge in [0.15, 0.2) is 0 Å². The first-order valence-electron chi connectivity index (χ1n) is 8.07. The van der Waals surface area contributed by atoms with Crippen molar-refractivity contribution < 1.29 is 19.1 Å². The summed E-state index contributed by atoms with van der Waals surface area (Å²) in [6.07, 6.45) is 1.83. The Balaban J connectivity index is 2.04. The van der Waals surface area contributed by atoms with E-state index in [0.717, 1.165) is 29.9 Å². The molecule has 1 unspecified atom stereocenters. The summed E-state index contributed by atoms with van der Waals surface area (Å²) in [7, 11) is 3.23. The van der Waals surface area contributed by atoms with Crippen LogP contribution in [-0.2, 0) is 4.79 Å². The highest BCUT2D eigenvalue weighted by Gasteiger charge is 2.31. The Morgan fingerprint density at radius 2 is 1.96 bits per heavy atom. The normalized spacial score (nSPS) is 16.6. The van der Waals surface area contributed by atoms with E-state index >= 15 is 0 Å². The fraction of sp³-hybridized carbons (Fsp3) is 0.529. The van der Waals surface area contributed by atoms with Gasteiger partial charge in [-0.3, -0.25) is 4.79 Å². The number of carbonyl (C=O) groups excluding carboxylic acids is 2. The second kappa shape index (κ2) is 8.42. The van der Waals surface area contributed by atoms with E-state index in [0.29, 0.717) is 19.6 Å². The van der Waals surface area contributed by atoms with Crippen LogP contribution >= 0.6 is 0 Å². The van der Waals surface area contributed by atoms with E-state index in [4.69, 9.17) is 9.47 Å². The quantitative estimate of drug-likeness (QED) is 0.775. The first-order chi connectivity index (χ1) is 11.6. The van der Waals surface area contributed by atoms with Crippen molar-refractivity contribution >= 4 is 11.9 Å². The molecule has 0 bridgehead atoms. The van der Waals surface area contributed by atoms with Crippen molar-refractivity contribution in [3.05, 3.63) is 23.8 Å². The smallest absolute Gasteiger partial charge is 0.317 e. The van der Waals surface area contributed by atoms with Gasteiger partial charge in [0, 0.05) is 38.2 Å². The molecule has 0 saturated carbocycles. The van der Waals surface area contributed by atoms with Crippen molar-refractivity contribution in [2.24, 2.45) is 0 Å². The summed E-state index contributed by atoms with van der Waals surface area (Å²) in [4.78, 5) is 25.1. The van der Waals surface area contributed by atoms with Crippen LogP contribution in [-0.4, -0.2) is 50.7 Å². The molecule has 132 valence electrons. The molecule has 0 aromatic heterocycles. The lowest BCUT2D eigenvalue weighted by Crippen LogP contribution is -2.42. The predicted octanol–water partition coefficient (Wildman–Crippen LogP) is 1.69. The molecular formula is C17H25N3O4. The average Bonchev–Trinajstić information content (AvgIpc) is 3.07. The van der Waals surface area contributed by atoms with Gasteiger partial charge in [0.05, 0.1) is 20.3 Å². The Kier molecular flexibility index (Phi) is 6.28. The number of hydrogen-bond acceptors (Lipinski definition) is 4. The minimum atomic E-state index is -0.124. The van der Waals surface area contributed by atoms with Gasteiger partial charge in [0.2, 0.25) is 5.91 Å². The molecule has 1 aromatic carbocycles.